The van der Waals surface area contributed by atoms with Crippen molar-refractivity contribution in [3.05, 3.63) is 29.8 Å². The Bertz CT molecular complexity index is 371. The van der Waals surface area contributed by atoms with Crippen molar-refractivity contribution < 1.29 is 0 Å². The van der Waals surface area contributed by atoms with Crippen LogP contribution in [0.15, 0.2) is 29.3 Å². The lowest BCUT2D eigenvalue weighted by molar-refractivity contribution is 0.764. The van der Waals surface area contributed by atoms with Crippen LogP contribution in [-0.4, -0.2) is 19.6 Å². The summed E-state index contributed by atoms with van der Waals surface area (Å²) in [6.07, 6.45) is 3.54. The molecule has 1 aliphatic rings. The van der Waals surface area contributed by atoms with E-state index < -0.39 is 0 Å². The lowest BCUT2D eigenvalue weighted by Crippen LogP contribution is -2.37. The second kappa shape index (κ2) is 4.34. The van der Waals surface area contributed by atoms with E-state index in [4.69, 9.17) is 5.73 Å². The minimum atomic E-state index is 0.615. The minimum absolute atomic E-state index is 0.615. The van der Waals surface area contributed by atoms with Crippen molar-refractivity contribution in [3.63, 3.8) is 0 Å². The second-order valence-corrected chi connectivity index (χ2v) is 3.82. The quantitative estimate of drug-likeness (QED) is 0.516. The number of fused-ring (bicyclic) bond motifs is 1. The van der Waals surface area contributed by atoms with E-state index >= 15 is 0 Å². The molecule has 3 nitrogen and oxygen atoms in total. The fourth-order valence-corrected chi connectivity index (χ4v) is 2.05. The highest BCUT2D eigenvalue weighted by molar-refractivity contribution is 5.95. The van der Waals surface area contributed by atoms with E-state index in [-0.39, 0.29) is 0 Å². The molecule has 0 spiro atoms. The summed E-state index contributed by atoms with van der Waals surface area (Å²) >= 11 is 0. The molecule has 0 aliphatic carbocycles. The summed E-state index contributed by atoms with van der Waals surface area (Å²) in [7, 11) is 1.74. The van der Waals surface area contributed by atoms with Gasteiger partial charge in [0.15, 0.2) is 5.96 Å². The van der Waals surface area contributed by atoms with Crippen LogP contribution in [0.1, 0.15) is 18.4 Å². The van der Waals surface area contributed by atoms with E-state index in [2.05, 4.69) is 34.2 Å². The Balaban J connectivity index is 2.41. The molecule has 2 rings (SSSR count). The molecule has 0 radical (unpaired) electrons. The third-order valence-corrected chi connectivity index (χ3v) is 2.87. The Hall–Kier alpha value is -1.51. The van der Waals surface area contributed by atoms with Gasteiger partial charge in [-0.25, -0.2) is 0 Å². The number of guanidine groups is 1. The van der Waals surface area contributed by atoms with Crippen molar-refractivity contribution in [3.8, 4) is 0 Å². The van der Waals surface area contributed by atoms with Crippen LogP contribution in [-0.2, 0) is 6.42 Å². The molecule has 0 bridgehead atoms. The third kappa shape index (κ3) is 1.96. The smallest absolute Gasteiger partial charge is 0.195 e. The summed E-state index contributed by atoms with van der Waals surface area (Å²) in [4.78, 5) is 6.19. The molecule has 0 amide bonds. The molecule has 1 aromatic rings. The van der Waals surface area contributed by atoms with Crippen LogP contribution in [0.4, 0.5) is 5.69 Å². The van der Waals surface area contributed by atoms with Gasteiger partial charge in [-0.1, -0.05) is 18.2 Å². The van der Waals surface area contributed by atoms with E-state index in [1.807, 2.05) is 0 Å². The Morgan fingerprint density at radius 2 is 2.13 bits per heavy atom. The molecular formula is C12H17N3. The average molecular weight is 203 g/mol. The van der Waals surface area contributed by atoms with Crippen molar-refractivity contribution in [2.45, 2.75) is 19.3 Å². The molecule has 1 aromatic carbocycles. The van der Waals surface area contributed by atoms with E-state index in [1.54, 1.807) is 7.05 Å². The van der Waals surface area contributed by atoms with E-state index in [9.17, 15) is 0 Å². The summed E-state index contributed by atoms with van der Waals surface area (Å²) in [5.41, 5.74) is 8.50. The Morgan fingerprint density at radius 3 is 2.93 bits per heavy atom. The molecule has 0 saturated heterocycles. The first-order chi connectivity index (χ1) is 7.33. The number of aryl methyl sites for hydroxylation is 1. The van der Waals surface area contributed by atoms with Crippen LogP contribution in [0.3, 0.4) is 0 Å². The van der Waals surface area contributed by atoms with Gasteiger partial charge in [0.25, 0.3) is 0 Å². The lowest BCUT2D eigenvalue weighted by Gasteiger charge is -2.23. The number of hydrogen-bond acceptors (Lipinski definition) is 1. The monoisotopic (exact) mass is 203 g/mol. The zero-order chi connectivity index (χ0) is 10.7. The standard InChI is InChI=1S/C12H17N3/c1-14-12(13)15-9-5-4-7-10-6-2-3-8-11(10)15/h2-3,6,8H,4-5,7,9H2,1H3,(H2,13,14). The maximum absolute atomic E-state index is 5.91. The van der Waals surface area contributed by atoms with Gasteiger partial charge >= 0.3 is 0 Å². The summed E-state index contributed by atoms with van der Waals surface area (Å²) in [6, 6.07) is 8.44. The molecule has 3 heteroatoms. The Kier molecular flexibility index (Phi) is 2.90. The third-order valence-electron chi connectivity index (χ3n) is 2.87. The van der Waals surface area contributed by atoms with Crippen molar-refractivity contribution in [2.75, 3.05) is 18.5 Å². The molecule has 0 aromatic heterocycles. The molecule has 1 aliphatic heterocycles. The summed E-state index contributed by atoms with van der Waals surface area (Å²) in [6.45, 7) is 0.972. The fraction of sp³-hybridized carbons (Fsp3) is 0.417. The summed E-state index contributed by atoms with van der Waals surface area (Å²) in [5, 5.41) is 0. The highest BCUT2D eigenvalue weighted by Crippen LogP contribution is 2.25. The van der Waals surface area contributed by atoms with Crippen LogP contribution in [0.2, 0.25) is 0 Å². The van der Waals surface area contributed by atoms with Gasteiger partial charge < -0.3 is 10.6 Å². The molecule has 15 heavy (non-hydrogen) atoms. The molecule has 0 unspecified atom stereocenters. The number of hydrogen-bond donors (Lipinski definition) is 1. The molecular weight excluding hydrogens is 186 g/mol. The van der Waals surface area contributed by atoms with Gasteiger partial charge in [-0.05, 0) is 30.9 Å². The van der Waals surface area contributed by atoms with Gasteiger partial charge in [0.2, 0.25) is 0 Å². The number of nitrogens with zero attached hydrogens (tertiary/aromatic N) is 2. The van der Waals surface area contributed by atoms with Gasteiger partial charge in [0.05, 0.1) is 0 Å². The zero-order valence-corrected chi connectivity index (χ0v) is 9.11. The predicted octanol–water partition coefficient (Wildman–Crippen LogP) is 1.77. The molecule has 2 N–H and O–H groups in total. The average Bonchev–Trinajstić information content (AvgIpc) is 2.50. The maximum Gasteiger partial charge on any atom is 0.195 e. The second-order valence-electron chi connectivity index (χ2n) is 3.82. The number of aliphatic imine (C=N–C) groups is 1. The van der Waals surface area contributed by atoms with E-state index in [0.29, 0.717) is 5.96 Å². The largest absolute Gasteiger partial charge is 0.370 e. The topological polar surface area (TPSA) is 41.6 Å². The van der Waals surface area contributed by atoms with Gasteiger partial charge in [0, 0.05) is 19.3 Å². The molecule has 0 fully saturated rings. The van der Waals surface area contributed by atoms with E-state index in [0.717, 1.165) is 13.0 Å². The Labute approximate surface area is 90.6 Å². The molecule has 0 atom stereocenters. The van der Waals surface area contributed by atoms with E-state index in [1.165, 1.54) is 24.1 Å². The highest BCUT2D eigenvalue weighted by Gasteiger charge is 2.16. The predicted molar refractivity (Wildman–Crippen MR) is 64.3 cm³/mol. The minimum Gasteiger partial charge on any atom is -0.370 e. The highest BCUT2D eigenvalue weighted by atomic mass is 15.3. The van der Waals surface area contributed by atoms with Crippen LogP contribution in [0.25, 0.3) is 0 Å². The van der Waals surface area contributed by atoms with Gasteiger partial charge in [-0.15, -0.1) is 0 Å². The van der Waals surface area contributed by atoms with Crippen LogP contribution in [0, 0.1) is 0 Å². The fourth-order valence-electron chi connectivity index (χ4n) is 2.05. The summed E-state index contributed by atoms with van der Waals surface area (Å²) < 4.78 is 0. The van der Waals surface area contributed by atoms with Gasteiger partial charge in [0.1, 0.15) is 0 Å². The number of para-hydroxylation sites is 1. The SMILES string of the molecule is CN=C(N)N1CCCCc2ccccc21. The van der Waals surface area contributed by atoms with Crippen LogP contribution >= 0.6 is 0 Å². The number of anilines is 1. The molecule has 80 valence electrons. The maximum atomic E-state index is 5.91. The first-order valence-electron chi connectivity index (χ1n) is 5.40. The number of rotatable bonds is 0. The van der Waals surface area contributed by atoms with Gasteiger partial charge in [-0.3, -0.25) is 4.99 Å². The van der Waals surface area contributed by atoms with Crippen molar-refractivity contribution in [1.29, 1.82) is 0 Å². The first kappa shape index (κ1) is 10.0. The van der Waals surface area contributed by atoms with Gasteiger partial charge in [-0.2, -0.15) is 0 Å². The van der Waals surface area contributed by atoms with Crippen LogP contribution in [0.5, 0.6) is 0 Å². The number of nitrogens with two attached hydrogens (primary N) is 1. The first-order valence-corrected chi connectivity index (χ1v) is 5.40. The van der Waals surface area contributed by atoms with Crippen LogP contribution < -0.4 is 10.6 Å². The van der Waals surface area contributed by atoms with Crippen molar-refractivity contribution >= 4 is 11.6 Å². The van der Waals surface area contributed by atoms with Crippen molar-refractivity contribution in [2.24, 2.45) is 10.7 Å². The Morgan fingerprint density at radius 1 is 1.33 bits per heavy atom. The normalized spacial score (nSPS) is 17.1. The molecule has 0 saturated carbocycles. The number of benzene rings is 1. The lowest BCUT2D eigenvalue weighted by atomic mass is 10.1. The molecule has 1 heterocycles. The van der Waals surface area contributed by atoms with Crippen molar-refractivity contribution in [1.82, 2.24) is 0 Å². The zero-order valence-electron chi connectivity index (χ0n) is 9.11. The summed E-state index contributed by atoms with van der Waals surface area (Å²) in [5.74, 6) is 0.615.